The Labute approximate surface area is 70.7 Å². The number of aliphatic hydroxyl groups is 4. The molecule has 0 aromatic heterocycles. The Hall–Kier alpha value is -0.690. The Morgan fingerprint density at radius 2 is 1.00 bits per heavy atom. The Morgan fingerprint density at radius 3 is 1.00 bits per heavy atom. The topological polar surface area (TPSA) is 118 Å². The van der Waals surface area contributed by atoms with Gasteiger partial charge in [0.15, 0.2) is 0 Å². The molecule has 0 amide bonds. The van der Waals surface area contributed by atoms with Gasteiger partial charge in [-0.3, -0.25) is 4.79 Å². The van der Waals surface area contributed by atoms with Gasteiger partial charge in [0, 0.05) is 6.92 Å². The van der Waals surface area contributed by atoms with Crippen molar-refractivity contribution in [2.75, 3.05) is 26.4 Å². The number of carboxylic acid groups (broad SMARTS) is 1. The number of hydrogen-bond donors (Lipinski definition) is 5. The molecule has 0 aliphatic heterocycles. The summed E-state index contributed by atoms with van der Waals surface area (Å²) in [5.41, 5.74) is 0. The van der Waals surface area contributed by atoms with Gasteiger partial charge in [-0.25, -0.2) is 0 Å². The van der Waals surface area contributed by atoms with Crippen LogP contribution in [0.3, 0.4) is 0 Å². The number of rotatable bonds is 2. The minimum atomic E-state index is -0.833. The maximum Gasteiger partial charge on any atom is 0.300 e. The van der Waals surface area contributed by atoms with E-state index in [0.717, 1.165) is 6.92 Å². The van der Waals surface area contributed by atoms with Gasteiger partial charge in [0.1, 0.15) is 0 Å². The first kappa shape index (κ1) is 17.4. The van der Waals surface area contributed by atoms with Crippen molar-refractivity contribution < 1.29 is 30.3 Å². The van der Waals surface area contributed by atoms with Crippen molar-refractivity contribution in [3.8, 4) is 0 Å². The van der Waals surface area contributed by atoms with Gasteiger partial charge in [-0.05, 0) is 0 Å². The second-order valence-corrected chi connectivity index (χ2v) is 1.41. The second-order valence-electron chi connectivity index (χ2n) is 1.41. The van der Waals surface area contributed by atoms with Crippen molar-refractivity contribution in [2.24, 2.45) is 0 Å². The van der Waals surface area contributed by atoms with Gasteiger partial charge in [-0.15, -0.1) is 0 Å². The van der Waals surface area contributed by atoms with E-state index in [1.165, 1.54) is 0 Å². The highest BCUT2D eigenvalue weighted by atomic mass is 16.4. The molecule has 0 spiro atoms. The van der Waals surface area contributed by atoms with E-state index in [9.17, 15) is 0 Å². The summed E-state index contributed by atoms with van der Waals surface area (Å²) in [4.78, 5) is 9.00. The summed E-state index contributed by atoms with van der Waals surface area (Å²) in [6.07, 6.45) is 0. The molecular formula is C6H16O6. The fourth-order valence-corrected chi connectivity index (χ4v) is 0. The van der Waals surface area contributed by atoms with E-state index in [1.807, 2.05) is 0 Å². The largest absolute Gasteiger partial charge is 0.481 e. The average molecular weight is 184 g/mol. The molecule has 0 atom stereocenters. The molecule has 0 saturated heterocycles. The van der Waals surface area contributed by atoms with Crippen LogP contribution in [0, 0.1) is 0 Å². The highest BCUT2D eigenvalue weighted by molar-refractivity contribution is 5.62. The Bertz CT molecular complexity index is 62.4. The lowest BCUT2D eigenvalue weighted by Gasteiger charge is -1.70. The summed E-state index contributed by atoms with van der Waals surface area (Å²) < 4.78 is 0. The molecule has 0 unspecified atom stereocenters. The van der Waals surface area contributed by atoms with Gasteiger partial charge in [-0.1, -0.05) is 0 Å². The fraction of sp³-hybridized carbons (Fsp3) is 0.833. The molecule has 0 bridgehead atoms. The molecule has 0 radical (unpaired) electrons. The van der Waals surface area contributed by atoms with Crippen LogP contribution in [0.1, 0.15) is 6.92 Å². The SMILES string of the molecule is CC(=O)O.OCCO.OCCO. The number of carboxylic acids is 1. The molecule has 0 aliphatic rings. The Balaban J connectivity index is -0.000000101. The minimum absolute atomic E-state index is 0.125. The third kappa shape index (κ3) is 375. The van der Waals surface area contributed by atoms with E-state index in [0.29, 0.717) is 0 Å². The van der Waals surface area contributed by atoms with Crippen molar-refractivity contribution >= 4 is 5.97 Å². The molecule has 6 nitrogen and oxygen atoms in total. The Morgan fingerprint density at radius 1 is 0.917 bits per heavy atom. The fourth-order valence-electron chi connectivity index (χ4n) is 0. The van der Waals surface area contributed by atoms with E-state index < -0.39 is 5.97 Å². The lowest BCUT2D eigenvalue weighted by Crippen LogP contribution is -1.85. The van der Waals surface area contributed by atoms with Crippen molar-refractivity contribution in [3.63, 3.8) is 0 Å². The van der Waals surface area contributed by atoms with Gasteiger partial charge in [0.05, 0.1) is 26.4 Å². The van der Waals surface area contributed by atoms with Crippen molar-refractivity contribution in [1.82, 2.24) is 0 Å². The molecular weight excluding hydrogens is 168 g/mol. The second kappa shape index (κ2) is 22.4. The number of hydrogen-bond acceptors (Lipinski definition) is 5. The number of aliphatic carboxylic acids is 1. The van der Waals surface area contributed by atoms with Gasteiger partial charge < -0.3 is 25.5 Å². The van der Waals surface area contributed by atoms with Crippen LogP contribution in [-0.2, 0) is 4.79 Å². The highest BCUT2D eigenvalue weighted by Crippen LogP contribution is 1.42. The third-order valence-corrected chi connectivity index (χ3v) is 0.200. The Kier molecular flexibility index (Phi) is 32.6. The minimum Gasteiger partial charge on any atom is -0.481 e. The van der Waals surface area contributed by atoms with Gasteiger partial charge >= 0.3 is 0 Å². The smallest absolute Gasteiger partial charge is 0.300 e. The molecule has 0 fully saturated rings. The highest BCUT2D eigenvalue weighted by Gasteiger charge is 1.65. The quantitative estimate of drug-likeness (QED) is 0.340. The summed E-state index contributed by atoms with van der Waals surface area (Å²) in [6, 6.07) is 0. The maximum atomic E-state index is 9.00. The van der Waals surface area contributed by atoms with Crippen LogP contribution in [0.2, 0.25) is 0 Å². The molecule has 0 aromatic rings. The summed E-state index contributed by atoms with van der Waals surface area (Å²) >= 11 is 0. The van der Waals surface area contributed by atoms with Crippen LogP contribution in [-0.4, -0.2) is 57.9 Å². The van der Waals surface area contributed by atoms with Gasteiger partial charge in [-0.2, -0.15) is 0 Å². The van der Waals surface area contributed by atoms with Crippen LogP contribution in [0.4, 0.5) is 0 Å². The standard InChI is InChI=1S/C2H4O2.2C2H6O2/c1-2(3)4;2*3-1-2-4/h1H3,(H,3,4);2*3-4H,1-2H2. The van der Waals surface area contributed by atoms with Crippen LogP contribution in [0.25, 0.3) is 0 Å². The number of aliphatic hydroxyl groups excluding tert-OH is 4. The lowest BCUT2D eigenvalue weighted by molar-refractivity contribution is -0.134. The van der Waals surface area contributed by atoms with Gasteiger partial charge in [0.25, 0.3) is 5.97 Å². The van der Waals surface area contributed by atoms with Crippen molar-refractivity contribution in [2.45, 2.75) is 6.92 Å². The summed E-state index contributed by atoms with van der Waals surface area (Å²) in [5, 5.41) is 37.9. The molecule has 76 valence electrons. The number of carbonyl (C=O) groups is 1. The molecule has 0 aromatic carbocycles. The van der Waals surface area contributed by atoms with E-state index in [2.05, 4.69) is 0 Å². The van der Waals surface area contributed by atoms with E-state index in [-0.39, 0.29) is 26.4 Å². The predicted octanol–water partition coefficient (Wildman–Crippen LogP) is -1.97. The monoisotopic (exact) mass is 184 g/mol. The van der Waals surface area contributed by atoms with Gasteiger partial charge in [0.2, 0.25) is 0 Å². The molecule has 0 saturated carbocycles. The normalized spacial score (nSPS) is 7.08. The summed E-state index contributed by atoms with van der Waals surface area (Å²) in [5.74, 6) is -0.833. The van der Waals surface area contributed by atoms with E-state index in [1.54, 1.807) is 0 Å². The molecule has 0 rings (SSSR count). The molecule has 5 N–H and O–H groups in total. The molecule has 12 heavy (non-hydrogen) atoms. The van der Waals surface area contributed by atoms with Crippen LogP contribution < -0.4 is 0 Å². The average Bonchev–Trinajstić information content (AvgIpc) is 2.03. The summed E-state index contributed by atoms with van der Waals surface area (Å²) in [6.45, 7) is 0.583. The first-order valence-electron chi connectivity index (χ1n) is 3.19. The van der Waals surface area contributed by atoms with Crippen molar-refractivity contribution in [3.05, 3.63) is 0 Å². The first-order valence-corrected chi connectivity index (χ1v) is 3.19. The zero-order chi connectivity index (χ0) is 10.4. The lowest BCUT2D eigenvalue weighted by atomic mass is 10.8. The van der Waals surface area contributed by atoms with E-state index in [4.69, 9.17) is 30.3 Å². The summed E-state index contributed by atoms with van der Waals surface area (Å²) in [7, 11) is 0. The third-order valence-electron chi connectivity index (χ3n) is 0.200. The van der Waals surface area contributed by atoms with Crippen molar-refractivity contribution in [1.29, 1.82) is 0 Å². The molecule has 0 aliphatic carbocycles. The van der Waals surface area contributed by atoms with Crippen LogP contribution in [0.5, 0.6) is 0 Å². The predicted molar refractivity (Wildman–Crippen MR) is 41.7 cm³/mol. The maximum absolute atomic E-state index is 9.00. The molecule has 0 heterocycles. The van der Waals surface area contributed by atoms with Crippen LogP contribution >= 0.6 is 0 Å². The van der Waals surface area contributed by atoms with E-state index >= 15 is 0 Å². The first-order chi connectivity index (χ1) is 5.56. The van der Waals surface area contributed by atoms with Crippen LogP contribution in [0.15, 0.2) is 0 Å². The zero-order valence-corrected chi connectivity index (χ0v) is 6.97. The molecule has 6 heteroatoms. The zero-order valence-electron chi connectivity index (χ0n) is 6.97.